The van der Waals surface area contributed by atoms with Crippen LogP contribution in [-0.2, 0) is 4.74 Å². The van der Waals surface area contributed by atoms with Gasteiger partial charge < -0.3 is 20.1 Å². The summed E-state index contributed by atoms with van der Waals surface area (Å²) in [6.07, 6.45) is 1.50. The smallest absolute Gasteiger partial charge is 0.410 e. The predicted molar refractivity (Wildman–Crippen MR) is 94.3 cm³/mol. The van der Waals surface area contributed by atoms with Crippen LogP contribution in [0.3, 0.4) is 0 Å². The largest absolute Gasteiger partial charge is 0.490 e. The summed E-state index contributed by atoms with van der Waals surface area (Å²) in [4.78, 5) is 13.8. The van der Waals surface area contributed by atoms with Crippen molar-refractivity contribution in [1.29, 1.82) is 0 Å². The summed E-state index contributed by atoms with van der Waals surface area (Å²) in [5.74, 6) is 0.836. The Kier molecular flexibility index (Phi) is 6.57. The van der Waals surface area contributed by atoms with E-state index in [1.54, 1.807) is 4.90 Å². The van der Waals surface area contributed by atoms with Gasteiger partial charge >= 0.3 is 6.09 Å². The van der Waals surface area contributed by atoms with Crippen LogP contribution < -0.4 is 10.5 Å². The first-order valence-corrected chi connectivity index (χ1v) is 7.75. The normalized spacial score (nSPS) is 15.7. The molecule has 1 saturated heterocycles. The Hall–Kier alpha value is -1.62. The molecule has 0 aliphatic carbocycles. The maximum atomic E-state index is 12.0. The Morgan fingerprint density at radius 3 is 2.39 bits per heavy atom. The highest BCUT2D eigenvalue weighted by Gasteiger charge is 2.27. The molecule has 1 amide bonds. The van der Waals surface area contributed by atoms with Gasteiger partial charge in [0.15, 0.2) is 0 Å². The van der Waals surface area contributed by atoms with Crippen molar-refractivity contribution in [3.8, 4) is 5.75 Å². The Balaban J connectivity index is 0.00000264. The molecule has 2 rings (SSSR count). The second-order valence-corrected chi connectivity index (χ2v) is 6.80. The first-order chi connectivity index (χ1) is 10.2. The Morgan fingerprint density at radius 2 is 1.87 bits per heavy atom. The second-order valence-electron chi connectivity index (χ2n) is 6.80. The van der Waals surface area contributed by atoms with Crippen molar-refractivity contribution in [3.63, 3.8) is 0 Å². The second kappa shape index (κ2) is 7.77. The first-order valence-electron chi connectivity index (χ1n) is 7.75. The van der Waals surface area contributed by atoms with E-state index in [1.165, 1.54) is 0 Å². The van der Waals surface area contributed by atoms with Crippen molar-refractivity contribution in [2.24, 2.45) is 0 Å². The van der Waals surface area contributed by atoms with Gasteiger partial charge in [0, 0.05) is 31.6 Å². The van der Waals surface area contributed by atoms with Crippen molar-refractivity contribution < 1.29 is 14.3 Å². The third-order valence-corrected chi connectivity index (χ3v) is 3.64. The highest BCUT2D eigenvalue weighted by atomic mass is 35.5. The number of rotatable bonds is 2. The SMILES string of the molecule is Cc1cc(OC2CCN(C(=O)OC(C)(C)C)CC2)ccc1N.Cl. The zero-order chi connectivity index (χ0) is 16.3. The van der Waals surface area contributed by atoms with E-state index in [4.69, 9.17) is 15.2 Å². The molecule has 0 aromatic heterocycles. The van der Waals surface area contributed by atoms with E-state index in [0.29, 0.717) is 13.1 Å². The molecule has 130 valence electrons. The van der Waals surface area contributed by atoms with Crippen LogP contribution in [-0.4, -0.2) is 35.8 Å². The van der Waals surface area contributed by atoms with Crippen LogP contribution >= 0.6 is 12.4 Å². The van der Waals surface area contributed by atoms with Crippen molar-refractivity contribution in [3.05, 3.63) is 23.8 Å². The van der Waals surface area contributed by atoms with Crippen LogP contribution in [0.5, 0.6) is 5.75 Å². The maximum Gasteiger partial charge on any atom is 0.410 e. The quantitative estimate of drug-likeness (QED) is 0.831. The Labute approximate surface area is 144 Å². The molecule has 0 spiro atoms. The van der Waals surface area contributed by atoms with Crippen LogP contribution in [0.15, 0.2) is 18.2 Å². The predicted octanol–water partition coefficient (Wildman–Crippen LogP) is 3.78. The van der Waals surface area contributed by atoms with Crippen LogP contribution in [0.25, 0.3) is 0 Å². The van der Waals surface area contributed by atoms with Gasteiger partial charge in [0.2, 0.25) is 0 Å². The number of carbonyl (C=O) groups is 1. The number of nitrogens with zero attached hydrogens (tertiary/aromatic N) is 1. The Morgan fingerprint density at radius 1 is 1.26 bits per heavy atom. The van der Waals surface area contributed by atoms with Crippen molar-refractivity contribution in [2.45, 2.75) is 52.2 Å². The molecule has 1 aliphatic heterocycles. The fraction of sp³-hybridized carbons (Fsp3) is 0.588. The van der Waals surface area contributed by atoms with Gasteiger partial charge in [-0.15, -0.1) is 12.4 Å². The number of nitrogens with two attached hydrogens (primary N) is 1. The number of carbonyl (C=O) groups excluding carboxylic acids is 1. The minimum atomic E-state index is -0.452. The lowest BCUT2D eigenvalue weighted by molar-refractivity contribution is 0.0126. The lowest BCUT2D eigenvalue weighted by Crippen LogP contribution is -2.44. The topological polar surface area (TPSA) is 64.8 Å². The summed E-state index contributed by atoms with van der Waals surface area (Å²) in [7, 11) is 0. The van der Waals surface area contributed by atoms with Crippen molar-refractivity contribution in [1.82, 2.24) is 4.90 Å². The molecule has 1 aliphatic rings. The van der Waals surface area contributed by atoms with E-state index in [9.17, 15) is 4.79 Å². The fourth-order valence-corrected chi connectivity index (χ4v) is 2.40. The zero-order valence-corrected chi connectivity index (χ0v) is 15.1. The number of benzene rings is 1. The minimum absolute atomic E-state index is 0. The number of piperidine rings is 1. The van der Waals surface area contributed by atoms with Crippen LogP contribution in [0.4, 0.5) is 10.5 Å². The molecular formula is C17H27ClN2O3. The summed E-state index contributed by atoms with van der Waals surface area (Å²) < 4.78 is 11.4. The van der Waals surface area contributed by atoms with Crippen LogP contribution in [0.2, 0.25) is 0 Å². The molecule has 1 aromatic carbocycles. The van der Waals surface area contributed by atoms with Crippen LogP contribution in [0, 0.1) is 6.92 Å². The van der Waals surface area contributed by atoms with E-state index >= 15 is 0 Å². The van der Waals surface area contributed by atoms with Gasteiger partial charge in [0.05, 0.1) is 0 Å². The molecule has 6 heteroatoms. The molecule has 0 unspecified atom stereocenters. The molecule has 0 saturated carbocycles. The number of likely N-dealkylation sites (tertiary alicyclic amines) is 1. The van der Waals surface area contributed by atoms with Crippen molar-refractivity contribution in [2.75, 3.05) is 18.8 Å². The number of anilines is 1. The third kappa shape index (κ3) is 5.82. The van der Waals surface area contributed by atoms with E-state index < -0.39 is 5.60 Å². The van der Waals surface area contributed by atoms with Crippen molar-refractivity contribution >= 4 is 24.2 Å². The van der Waals surface area contributed by atoms with Gasteiger partial charge in [-0.1, -0.05) is 0 Å². The molecule has 1 fully saturated rings. The van der Waals surface area contributed by atoms with Crippen LogP contribution in [0.1, 0.15) is 39.2 Å². The lowest BCUT2D eigenvalue weighted by Gasteiger charge is -2.33. The minimum Gasteiger partial charge on any atom is -0.490 e. The first kappa shape index (κ1) is 19.4. The van der Waals surface area contributed by atoms with Gasteiger partial charge in [0.25, 0.3) is 0 Å². The van der Waals surface area contributed by atoms with Gasteiger partial charge in [-0.3, -0.25) is 0 Å². The number of hydrogen-bond donors (Lipinski definition) is 1. The summed E-state index contributed by atoms with van der Waals surface area (Å²) in [6, 6.07) is 5.71. The van der Waals surface area contributed by atoms with Gasteiger partial charge in [-0.05, 0) is 51.5 Å². The molecular weight excluding hydrogens is 316 g/mol. The average molecular weight is 343 g/mol. The molecule has 2 N–H and O–H groups in total. The zero-order valence-electron chi connectivity index (χ0n) is 14.3. The van der Waals surface area contributed by atoms with E-state index in [0.717, 1.165) is 29.8 Å². The number of ether oxygens (including phenoxy) is 2. The molecule has 0 bridgehead atoms. The molecule has 23 heavy (non-hydrogen) atoms. The van der Waals surface area contributed by atoms with Gasteiger partial charge in [0.1, 0.15) is 17.5 Å². The standard InChI is InChI=1S/C17H26N2O3.ClH/c1-12-11-14(5-6-15(12)18)21-13-7-9-19(10-8-13)16(20)22-17(2,3)4;/h5-6,11,13H,7-10,18H2,1-4H3;1H. The van der Waals surface area contributed by atoms with Gasteiger partial charge in [-0.25, -0.2) is 4.79 Å². The summed E-state index contributed by atoms with van der Waals surface area (Å²) in [5, 5.41) is 0. The maximum absolute atomic E-state index is 12.0. The number of halogens is 1. The monoisotopic (exact) mass is 342 g/mol. The summed E-state index contributed by atoms with van der Waals surface area (Å²) in [6.45, 7) is 8.92. The van der Waals surface area contributed by atoms with E-state index in [-0.39, 0.29) is 24.6 Å². The highest BCUT2D eigenvalue weighted by molar-refractivity contribution is 5.85. The summed E-state index contributed by atoms with van der Waals surface area (Å²) in [5.41, 5.74) is 7.15. The molecule has 0 atom stereocenters. The third-order valence-electron chi connectivity index (χ3n) is 3.64. The number of amides is 1. The average Bonchev–Trinajstić information content (AvgIpc) is 2.42. The summed E-state index contributed by atoms with van der Waals surface area (Å²) >= 11 is 0. The molecule has 1 aromatic rings. The molecule has 1 heterocycles. The highest BCUT2D eigenvalue weighted by Crippen LogP contribution is 2.23. The van der Waals surface area contributed by atoms with E-state index in [2.05, 4.69) is 0 Å². The molecule has 5 nitrogen and oxygen atoms in total. The number of nitrogen functional groups attached to an aromatic ring is 1. The fourth-order valence-electron chi connectivity index (χ4n) is 2.40. The number of aryl methyl sites for hydroxylation is 1. The Bertz CT molecular complexity index is 535. The van der Waals surface area contributed by atoms with Gasteiger partial charge in [-0.2, -0.15) is 0 Å². The lowest BCUT2D eigenvalue weighted by atomic mass is 10.1. The number of hydrogen-bond acceptors (Lipinski definition) is 4. The molecule has 0 radical (unpaired) electrons. The van der Waals surface area contributed by atoms with E-state index in [1.807, 2.05) is 45.9 Å².